The van der Waals surface area contributed by atoms with Gasteiger partial charge in [0.1, 0.15) is 5.82 Å². The number of fused-ring (bicyclic) bond motifs is 1. The molecule has 0 unspecified atom stereocenters. The topological polar surface area (TPSA) is 64.7 Å². The molecular formula is C28H29FN4O2. The lowest BCUT2D eigenvalue weighted by Crippen LogP contribution is -2.36. The lowest BCUT2D eigenvalue weighted by Gasteiger charge is -2.24. The Hall–Kier alpha value is -3.97. The molecule has 4 rings (SSSR count). The van der Waals surface area contributed by atoms with Crippen molar-refractivity contribution in [1.29, 1.82) is 0 Å². The molecule has 0 bridgehead atoms. The minimum atomic E-state index is -0.407. The summed E-state index contributed by atoms with van der Waals surface area (Å²) in [5.41, 5.74) is 4.57. The average molecular weight is 473 g/mol. The smallest absolute Gasteiger partial charge is 0.258 e. The highest BCUT2D eigenvalue weighted by Crippen LogP contribution is 2.38. The first-order valence-corrected chi connectivity index (χ1v) is 11.6. The number of anilines is 3. The summed E-state index contributed by atoms with van der Waals surface area (Å²) in [4.78, 5) is 29.3. The van der Waals surface area contributed by atoms with Gasteiger partial charge in [0.15, 0.2) is 0 Å². The van der Waals surface area contributed by atoms with Gasteiger partial charge in [0.25, 0.3) is 5.91 Å². The molecule has 7 heteroatoms. The van der Waals surface area contributed by atoms with Crippen LogP contribution in [-0.2, 0) is 9.59 Å². The van der Waals surface area contributed by atoms with Crippen molar-refractivity contribution in [2.24, 2.45) is 0 Å². The first-order chi connectivity index (χ1) is 16.9. The fourth-order valence-electron chi connectivity index (χ4n) is 4.03. The number of nitrogens with zero attached hydrogens (tertiary/aromatic N) is 2. The summed E-state index contributed by atoms with van der Waals surface area (Å²) in [6, 6.07) is 21.4. The summed E-state index contributed by atoms with van der Waals surface area (Å²) in [6.45, 7) is 3.21. The second-order valence-electron chi connectivity index (χ2n) is 8.63. The number of hydrogen-bond acceptors (Lipinski definition) is 4. The van der Waals surface area contributed by atoms with Crippen molar-refractivity contribution in [3.63, 3.8) is 0 Å². The van der Waals surface area contributed by atoms with E-state index in [9.17, 15) is 14.0 Å². The molecule has 2 amide bonds. The normalized spacial score (nSPS) is 13.9. The van der Waals surface area contributed by atoms with E-state index in [1.807, 2.05) is 80.5 Å². The first kappa shape index (κ1) is 24.2. The third kappa shape index (κ3) is 5.41. The quantitative estimate of drug-likeness (QED) is 0.450. The molecule has 0 saturated carbocycles. The minimum Gasteiger partial charge on any atom is -0.354 e. The maximum atomic E-state index is 13.8. The van der Waals surface area contributed by atoms with Gasteiger partial charge in [-0.25, -0.2) is 4.39 Å². The first-order valence-electron chi connectivity index (χ1n) is 11.6. The summed E-state index contributed by atoms with van der Waals surface area (Å²) in [5, 5.41) is 6.16. The molecule has 180 valence electrons. The second kappa shape index (κ2) is 10.5. The van der Waals surface area contributed by atoms with Gasteiger partial charge in [0, 0.05) is 36.4 Å². The highest BCUT2D eigenvalue weighted by molar-refractivity contribution is 6.37. The standard InChI is InChI=1S/C28H29FN4O2/c1-4-25(34)33(17-16-32(2)3)22-13-11-21(12-14-22)30-27(19-8-6-5-7-9-19)26-23-15-10-20(29)18-24(23)31-28(26)35/h5-15,18,30H,4,16-17H2,1-3H3,(H,31,35)/b27-26-. The second-order valence-corrected chi connectivity index (χ2v) is 8.63. The monoisotopic (exact) mass is 472 g/mol. The van der Waals surface area contributed by atoms with E-state index in [1.165, 1.54) is 12.1 Å². The van der Waals surface area contributed by atoms with Gasteiger partial charge in [-0.3, -0.25) is 9.59 Å². The summed E-state index contributed by atoms with van der Waals surface area (Å²) in [7, 11) is 3.96. The molecule has 0 atom stereocenters. The molecule has 0 fully saturated rings. The molecule has 0 spiro atoms. The molecule has 2 N–H and O–H groups in total. The Bertz CT molecular complexity index is 1250. The van der Waals surface area contributed by atoms with Gasteiger partial charge < -0.3 is 20.4 Å². The fourth-order valence-corrected chi connectivity index (χ4v) is 4.03. The molecule has 0 aromatic heterocycles. The molecule has 0 radical (unpaired) electrons. The Morgan fingerprint density at radius 2 is 1.69 bits per heavy atom. The van der Waals surface area contributed by atoms with Gasteiger partial charge in [-0.15, -0.1) is 0 Å². The van der Waals surface area contributed by atoms with Crippen LogP contribution in [0.2, 0.25) is 0 Å². The van der Waals surface area contributed by atoms with Crippen molar-refractivity contribution in [2.75, 3.05) is 42.7 Å². The zero-order chi connectivity index (χ0) is 24.9. The fraction of sp³-hybridized carbons (Fsp3) is 0.214. The number of amides is 2. The van der Waals surface area contributed by atoms with Crippen LogP contribution in [0.5, 0.6) is 0 Å². The van der Waals surface area contributed by atoms with Crippen LogP contribution in [0.3, 0.4) is 0 Å². The number of rotatable bonds is 8. The Balaban J connectivity index is 1.70. The van der Waals surface area contributed by atoms with E-state index in [1.54, 1.807) is 11.0 Å². The van der Waals surface area contributed by atoms with Crippen molar-refractivity contribution in [1.82, 2.24) is 4.90 Å². The molecule has 1 aliphatic heterocycles. The highest BCUT2D eigenvalue weighted by Gasteiger charge is 2.28. The van der Waals surface area contributed by atoms with Gasteiger partial charge in [-0.05, 0) is 62.1 Å². The Labute approximate surface area is 205 Å². The van der Waals surface area contributed by atoms with Crippen molar-refractivity contribution in [2.45, 2.75) is 13.3 Å². The zero-order valence-corrected chi connectivity index (χ0v) is 20.1. The Morgan fingerprint density at radius 3 is 2.34 bits per heavy atom. The van der Waals surface area contributed by atoms with Crippen LogP contribution in [0.4, 0.5) is 21.5 Å². The van der Waals surface area contributed by atoms with Crippen molar-refractivity contribution >= 4 is 40.1 Å². The van der Waals surface area contributed by atoms with E-state index in [0.717, 1.165) is 23.5 Å². The van der Waals surface area contributed by atoms with Crippen molar-refractivity contribution in [3.8, 4) is 0 Å². The predicted molar refractivity (Wildman–Crippen MR) is 140 cm³/mol. The maximum absolute atomic E-state index is 13.8. The zero-order valence-electron chi connectivity index (χ0n) is 20.1. The number of carbonyl (C=O) groups is 2. The molecule has 35 heavy (non-hydrogen) atoms. The molecule has 0 saturated heterocycles. The Kier molecular flexibility index (Phi) is 7.27. The molecular weight excluding hydrogens is 443 g/mol. The van der Waals surface area contributed by atoms with Crippen LogP contribution in [0.25, 0.3) is 11.3 Å². The van der Waals surface area contributed by atoms with Crippen molar-refractivity contribution in [3.05, 3.63) is 89.7 Å². The molecule has 3 aromatic rings. The number of benzene rings is 3. The van der Waals surface area contributed by atoms with E-state index in [2.05, 4.69) is 10.6 Å². The van der Waals surface area contributed by atoms with E-state index in [4.69, 9.17) is 0 Å². The van der Waals surface area contributed by atoms with Gasteiger partial charge in [0.05, 0.1) is 17.0 Å². The van der Waals surface area contributed by atoms with Gasteiger partial charge in [-0.1, -0.05) is 37.3 Å². The molecule has 1 aliphatic rings. The maximum Gasteiger partial charge on any atom is 0.258 e. The van der Waals surface area contributed by atoms with Crippen LogP contribution < -0.4 is 15.5 Å². The third-order valence-corrected chi connectivity index (χ3v) is 5.86. The van der Waals surface area contributed by atoms with Crippen LogP contribution >= 0.6 is 0 Å². The van der Waals surface area contributed by atoms with Crippen LogP contribution in [0.15, 0.2) is 72.8 Å². The molecule has 1 heterocycles. The number of nitrogens with one attached hydrogen (secondary N) is 2. The van der Waals surface area contributed by atoms with Gasteiger partial charge >= 0.3 is 0 Å². The molecule has 6 nitrogen and oxygen atoms in total. The van der Waals surface area contributed by atoms with Crippen LogP contribution in [-0.4, -0.2) is 43.9 Å². The van der Waals surface area contributed by atoms with E-state index >= 15 is 0 Å². The van der Waals surface area contributed by atoms with E-state index in [0.29, 0.717) is 35.5 Å². The predicted octanol–water partition coefficient (Wildman–Crippen LogP) is 5.06. The minimum absolute atomic E-state index is 0.0612. The summed E-state index contributed by atoms with van der Waals surface area (Å²) >= 11 is 0. The lowest BCUT2D eigenvalue weighted by atomic mass is 10.00. The lowest BCUT2D eigenvalue weighted by molar-refractivity contribution is -0.118. The van der Waals surface area contributed by atoms with Crippen LogP contribution in [0, 0.1) is 5.82 Å². The van der Waals surface area contributed by atoms with Crippen LogP contribution in [0.1, 0.15) is 24.5 Å². The summed E-state index contributed by atoms with van der Waals surface area (Å²) < 4.78 is 13.8. The third-order valence-electron chi connectivity index (χ3n) is 5.86. The van der Waals surface area contributed by atoms with E-state index in [-0.39, 0.29) is 11.8 Å². The average Bonchev–Trinajstić information content (AvgIpc) is 3.18. The summed E-state index contributed by atoms with van der Waals surface area (Å²) in [5.74, 6) is -0.640. The number of carbonyl (C=O) groups excluding carboxylic acids is 2. The van der Waals surface area contributed by atoms with Crippen molar-refractivity contribution < 1.29 is 14.0 Å². The van der Waals surface area contributed by atoms with Gasteiger partial charge in [-0.2, -0.15) is 0 Å². The number of halogens is 1. The van der Waals surface area contributed by atoms with Gasteiger partial charge in [0.2, 0.25) is 5.91 Å². The molecule has 3 aromatic carbocycles. The number of likely N-dealkylation sites (N-methyl/N-ethyl adjacent to an activating group) is 1. The SMILES string of the molecule is CCC(=O)N(CCN(C)C)c1ccc(N/C(=C2\C(=O)Nc3cc(F)ccc32)c2ccccc2)cc1. The molecule has 0 aliphatic carbocycles. The Morgan fingerprint density at radius 1 is 0.971 bits per heavy atom. The summed E-state index contributed by atoms with van der Waals surface area (Å²) in [6.07, 6.45) is 0.423. The largest absolute Gasteiger partial charge is 0.354 e. The number of hydrogen-bond donors (Lipinski definition) is 2. The highest BCUT2D eigenvalue weighted by atomic mass is 19.1. The van der Waals surface area contributed by atoms with E-state index < -0.39 is 5.82 Å².